The van der Waals surface area contributed by atoms with E-state index < -0.39 is 5.41 Å². The van der Waals surface area contributed by atoms with E-state index in [4.69, 9.17) is 0 Å². The lowest BCUT2D eigenvalue weighted by atomic mass is 9.30. The molecule has 17 aromatic carbocycles. The largest absolute Gasteiger partial charge is 0.311 e. The van der Waals surface area contributed by atoms with Crippen LogP contribution in [-0.4, -0.2) is 18.0 Å². The van der Waals surface area contributed by atoms with Crippen molar-refractivity contribution < 1.29 is 0 Å². The topological polar surface area (TPSA) is 17.9 Å². The molecule has 0 amide bonds. The molecule has 5 heterocycles. The molecule has 0 saturated heterocycles. The lowest BCUT2D eigenvalue weighted by molar-refractivity contribution is 0.568. The third kappa shape index (κ3) is 12.5. The van der Waals surface area contributed by atoms with Crippen LogP contribution in [0.5, 0.6) is 0 Å². The smallest absolute Gasteiger partial charge is 0.252 e. The summed E-state index contributed by atoms with van der Waals surface area (Å²) in [5.74, 6) is 0. The van der Waals surface area contributed by atoms with Gasteiger partial charge in [-0.25, -0.2) is 0 Å². The van der Waals surface area contributed by atoms with Gasteiger partial charge >= 0.3 is 0 Å². The van der Waals surface area contributed by atoms with Gasteiger partial charge in [0.2, 0.25) is 0 Å². The normalized spacial score (nSPS) is 14.3. The molecule has 0 N–H and O–H groups in total. The summed E-state index contributed by atoms with van der Waals surface area (Å²) < 4.78 is 2.57. The first kappa shape index (κ1) is 83.0. The van der Waals surface area contributed by atoms with Crippen LogP contribution in [0.25, 0.3) is 83.1 Å². The summed E-state index contributed by atoms with van der Waals surface area (Å²) in [6.45, 7) is 42.2. The maximum atomic E-state index is 2.79. The molecule has 6 aliphatic rings. The minimum Gasteiger partial charge on any atom is -0.311 e. The third-order valence-electron chi connectivity index (χ3n) is 30.4. The van der Waals surface area contributed by atoms with Gasteiger partial charge in [0, 0.05) is 78.8 Å². The average Bonchev–Trinajstić information content (AvgIpc) is 1.49. The molecule has 0 radical (unpaired) electrons. The molecule has 5 nitrogen and oxygen atoms in total. The Labute approximate surface area is 792 Å². The molecule has 0 saturated carbocycles. The van der Waals surface area contributed by atoms with Crippen molar-refractivity contribution in [3.8, 4) is 61.3 Å². The monoisotopic (exact) mass is 1730 g/mol. The first-order chi connectivity index (χ1) is 64.3. The van der Waals surface area contributed by atoms with E-state index in [1.807, 2.05) is 0 Å². The summed E-state index contributed by atoms with van der Waals surface area (Å²) in [5.41, 5.74) is 47.8. The zero-order valence-electron chi connectivity index (χ0n) is 80.5. The van der Waals surface area contributed by atoms with Crippen molar-refractivity contribution >= 4 is 136 Å². The van der Waals surface area contributed by atoms with Crippen molar-refractivity contribution in [1.29, 1.82) is 0 Å². The molecule has 7 heteroatoms. The number of benzene rings is 17. The summed E-state index contributed by atoms with van der Waals surface area (Å²) in [6, 6.07) is 141. The second-order valence-electron chi connectivity index (χ2n) is 44.8. The van der Waals surface area contributed by atoms with Crippen molar-refractivity contribution in [2.75, 3.05) is 19.6 Å². The standard InChI is InChI=1S/C127H113B2N5/c1-121(2,3)81-60-62-108(97(72-81)78-40-21-19-22-41-78)133-112-77-113-105(76-104(112)128-102-54-33-37-58-110(102)131(87-68-83(123(7,8)9)66-84(69-87)124(10,11)12)114-64-80(65-115(133)119(114)128)90-49-39-50-96-93-46-27-32-53-101(93)127(118(90)96)99-51-30-25-44-91(99)92-45-26-31-52-100(92)127)129-103-55-34-38-59-111(103)132(88-70-85(125(13,14)15)67-86(71-88)126(16,17)18)116-74-89(130-106-56-35-28-47-94(106)95-48-29-36-57-107(95)130)75-117(120(116)129)134(113)109-63-61-82(122(4,5)6)73-98(109)79-42-23-20-24-43-79/h19-77H,1-18H3. The van der Waals surface area contributed by atoms with E-state index in [0.717, 1.165) is 101 Å². The zero-order chi connectivity index (χ0) is 92.1. The molecular weight excluding hydrogens is 1620 g/mol. The molecule has 1 spiro atoms. The van der Waals surface area contributed by atoms with Crippen LogP contribution in [0.2, 0.25) is 0 Å². The van der Waals surface area contributed by atoms with E-state index in [1.54, 1.807) is 0 Å². The van der Waals surface area contributed by atoms with Gasteiger partial charge in [-0.15, -0.1) is 0 Å². The molecule has 652 valence electrons. The highest BCUT2D eigenvalue weighted by atomic mass is 15.2. The van der Waals surface area contributed by atoms with Gasteiger partial charge in [-0.1, -0.05) is 379 Å². The summed E-state index contributed by atoms with van der Waals surface area (Å²) in [6.07, 6.45) is 0. The van der Waals surface area contributed by atoms with E-state index in [0.29, 0.717) is 0 Å². The fourth-order valence-electron chi connectivity index (χ4n) is 23.6. The van der Waals surface area contributed by atoms with E-state index in [1.165, 1.54) is 138 Å². The van der Waals surface area contributed by atoms with Crippen molar-refractivity contribution in [3.63, 3.8) is 0 Å². The molecule has 24 rings (SSSR count). The summed E-state index contributed by atoms with van der Waals surface area (Å²) in [7, 11) is 0. The minimum absolute atomic E-state index is 0.183. The predicted octanol–water partition coefficient (Wildman–Crippen LogP) is 30.1. The quantitative estimate of drug-likeness (QED) is 0.141. The van der Waals surface area contributed by atoms with Gasteiger partial charge in [0.1, 0.15) is 0 Å². The van der Waals surface area contributed by atoms with Gasteiger partial charge in [-0.05, 0) is 269 Å². The van der Waals surface area contributed by atoms with E-state index in [9.17, 15) is 0 Å². The first-order valence-electron chi connectivity index (χ1n) is 48.3. The predicted molar refractivity (Wildman–Crippen MR) is 574 cm³/mol. The summed E-state index contributed by atoms with van der Waals surface area (Å²) in [5, 5.41) is 2.43. The number of hydrogen-bond donors (Lipinski definition) is 0. The molecule has 0 fully saturated rings. The van der Waals surface area contributed by atoms with E-state index >= 15 is 0 Å². The molecule has 0 atom stereocenters. The molecule has 0 bridgehead atoms. The number of rotatable bonds is 8. The fraction of sp³-hybridized carbons (Fsp3) is 0.197. The number of hydrogen-bond acceptors (Lipinski definition) is 4. The van der Waals surface area contributed by atoms with Gasteiger partial charge in [0.15, 0.2) is 0 Å². The van der Waals surface area contributed by atoms with Gasteiger partial charge in [0.25, 0.3) is 13.4 Å². The molecule has 2 aliphatic carbocycles. The first-order valence-corrected chi connectivity index (χ1v) is 48.3. The Morgan fingerprint density at radius 1 is 0.201 bits per heavy atom. The molecular formula is C127H113B2N5. The Bertz CT molecular complexity index is 7800. The fourth-order valence-corrected chi connectivity index (χ4v) is 23.6. The highest BCUT2D eigenvalue weighted by Crippen LogP contribution is 2.66. The van der Waals surface area contributed by atoms with Gasteiger partial charge < -0.3 is 24.2 Å². The lowest BCUT2D eigenvalue weighted by Crippen LogP contribution is -2.65. The maximum absolute atomic E-state index is 2.79. The molecule has 0 unspecified atom stereocenters. The molecule has 134 heavy (non-hydrogen) atoms. The number of anilines is 12. The Morgan fingerprint density at radius 3 is 0.970 bits per heavy atom. The molecule has 18 aromatic rings. The van der Waals surface area contributed by atoms with Gasteiger partial charge in [-0.2, -0.15) is 0 Å². The summed E-state index contributed by atoms with van der Waals surface area (Å²) >= 11 is 0. The van der Waals surface area contributed by atoms with Crippen LogP contribution in [0.15, 0.2) is 358 Å². The number of fused-ring (bicyclic) bond motifs is 21. The Kier molecular flexibility index (Phi) is 18.2. The van der Waals surface area contributed by atoms with Gasteiger partial charge in [-0.3, -0.25) is 0 Å². The molecule has 4 aliphatic heterocycles. The van der Waals surface area contributed by atoms with E-state index in [-0.39, 0.29) is 45.9 Å². The van der Waals surface area contributed by atoms with Crippen LogP contribution < -0.4 is 52.4 Å². The Morgan fingerprint density at radius 2 is 0.545 bits per heavy atom. The Balaban J connectivity index is 0.885. The minimum atomic E-state index is -0.666. The Hall–Kier alpha value is -14.1. The second kappa shape index (κ2) is 29.4. The third-order valence-corrected chi connectivity index (χ3v) is 30.4. The van der Waals surface area contributed by atoms with Crippen LogP contribution >= 0.6 is 0 Å². The SMILES string of the molecule is CC(C)(C)c1cc(N2c3ccccc3B3c4cc5c(cc4N(c4ccc(C(C)(C)C)cc4-c4ccccc4)c4cc(-c6cccc7c6C6(c8ccccc8-c8ccccc86)c6ccccc6-7)cc2c43)N(c2ccc(C(C)(C)C)cc2-c2ccccc2)c2cc(-n3c4ccccc4c4ccccc43)cc3c2B5c2ccccc2N3c2cc(C(C)(C)C)cc(C(C)(C)C)c2)cc(C(C)(C)C)c1. The van der Waals surface area contributed by atoms with Crippen molar-refractivity contribution in [3.05, 3.63) is 414 Å². The number of aromatic nitrogens is 1. The van der Waals surface area contributed by atoms with Crippen molar-refractivity contribution in [2.24, 2.45) is 0 Å². The van der Waals surface area contributed by atoms with Crippen LogP contribution in [0.1, 0.15) is 180 Å². The van der Waals surface area contributed by atoms with Gasteiger partial charge in [0.05, 0.1) is 33.5 Å². The van der Waals surface area contributed by atoms with Crippen molar-refractivity contribution in [1.82, 2.24) is 4.57 Å². The van der Waals surface area contributed by atoms with Crippen LogP contribution in [-0.2, 0) is 37.9 Å². The highest BCUT2D eigenvalue weighted by Gasteiger charge is 2.55. The lowest BCUT2D eigenvalue weighted by Gasteiger charge is -2.48. The highest BCUT2D eigenvalue weighted by molar-refractivity contribution is 7.03. The summed E-state index contributed by atoms with van der Waals surface area (Å²) in [4.78, 5) is 10.9. The van der Waals surface area contributed by atoms with Crippen molar-refractivity contribution in [2.45, 2.75) is 163 Å². The maximum Gasteiger partial charge on any atom is 0.252 e. The number of para-hydroxylation sites is 4. The van der Waals surface area contributed by atoms with Crippen LogP contribution in [0, 0.1) is 0 Å². The zero-order valence-corrected chi connectivity index (χ0v) is 80.5. The van der Waals surface area contributed by atoms with Crippen LogP contribution in [0.4, 0.5) is 68.2 Å². The van der Waals surface area contributed by atoms with E-state index in [2.05, 4.69) is 507 Å². The number of nitrogens with zero attached hydrogens (tertiary/aromatic N) is 5. The van der Waals surface area contributed by atoms with Crippen LogP contribution in [0.3, 0.4) is 0 Å². The molecule has 1 aromatic heterocycles. The average molecular weight is 1730 g/mol. The second-order valence-corrected chi connectivity index (χ2v) is 44.8.